The maximum atomic E-state index is 11.6. The fraction of sp³-hybridized carbons (Fsp3) is 0.400. The molecule has 0 heterocycles. The highest BCUT2D eigenvalue weighted by Crippen LogP contribution is 2.13. The lowest BCUT2D eigenvalue weighted by atomic mass is 10.2. The van der Waals surface area contributed by atoms with Crippen LogP contribution in [0.5, 0.6) is 0 Å². The average molecular weight is 278 g/mol. The summed E-state index contributed by atoms with van der Waals surface area (Å²) < 4.78 is 49.5. The van der Waals surface area contributed by atoms with E-state index in [-0.39, 0.29) is 17.3 Å². The Morgan fingerprint density at radius 1 is 1.06 bits per heavy atom. The molecule has 5 nitrogen and oxygen atoms in total. The van der Waals surface area contributed by atoms with E-state index in [1.807, 2.05) is 6.92 Å². The molecule has 0 amide bonds. The van der Waals surface area contributed by atoms with Gasteiger partial charge in [-0.2, -0.15) is 8.42 Å². The smallest absolute Gasteiger partial charge is 0.265 e. The van der Waals surface area contributed by atoms with Gasteiger partial charge in [0.1, 0.15) is 9.84 Å². The van der Waals surface area contributed by atoms with Crippen molar-refractivity contribution in [3.8, 4) is 0 Å². The molecule has 0 aliphatic carbocycles. The monoisotopic (exact) mass is 278 g/mol. The summed E-state index contributed by atoms with van der Waals surface area (Å²) in [6, 6.07) is 6.13. The second-order valence-electron chi connectivity index (χ2n) is 3.72. The molecule has 0 aliphatic heterocycles. The summed E-state index contributed by atoms with van der Waals surface area (Å²) in [5, 5.41) is 0. The number of benzene rings is 1. The SMILES string of the molecule is Cc1ccc(S(=O)(=O)OCCS(C)(=O)=O)cc1. The Bertz CT molecular complexity index is 570. The zero-order valence-electron chi connectivity index (χ0n) is 9.58. The van der Waals surface area contributed by atoms with Gasteiger partial charge in [0, 0.05) is 6.26 Å². The van der Waals surface area contributed by atoms with Crippen LogP contribution >= 0.6 is 0 Å². The Morgan fingerprint density at radius 3 is 2.06 bits per heavy atom. The molecule has 1 aromatic carbocycles. The van der Waals surface area contributed by atoms with Crippen LogP contribution < -0.4 is 0 Å². The molecule has 0 aliphatic rings. The van der Waals surface area contributed by atoms with Crippen molar-refractivity contribution in [1.29, 1.82) is 0 Å². The Hall–Kier alpha value is -0.920. The molecule has 0 atom stereocenters. The summed E-state index contributed by atoms with van der Waals surface area (Å²) in [5.41, 5.74) is 0.931. The second kappa shape index (κ2) is 5.16. The van der Waals surface area contributed by atoms with Crippen molar-refractivity contribution in [2.45, 2.75) is 11.8 Å². The zero-order valence-corrected chi connectivity index (χ0v) is 11.2. The predicted molar refractivity (Wildman–Crippen MR) is 64.0 cm³/mol. The average Bonchev–Trinajstić information content (AvgIpc) is 2.15. The summed E-state index contributed by atoms with van der Waals surface area (Å²) >= 11 is 0. The highest BCUT2D eigenvalue weighted by Gasteiger charge is 2.15. The molecule has 96 valence electrons. The molecule has 7 heteroatoms. The predicted octanol–water partition coefficient (Wildman–Crippen LogP) is 0.745. The van der Waals surface area contributed by atoms with Gasteiger partial charge in [0.2, 0.25) is 0 Å². The van der Waals surface area contributed by atoms with E-state index in [1.54, 1.807) is 12.1 Å². The first kappa shape index (κ1) is 14.1. The Labute approximate surface area is 101 Å². The van der Waals surface area contributed by atoms with Crippen LogP contribution in [0, 0.1) is 6.92 Å². The van der Waals surface area contributed by atoms with Gasteiger partial charge in [-0.05, 0) is 19.1 Å². The lowest BCUT2D eigenvalue weighted by Gasteiger charge is -2.05. The van der Waals surface area contributed by atoms with Crippen molar-refractivity contribution >= 4 is 20.0 Å². The molecule has 0 unspecified atom stereocenters. The van der Waals surface area contributed by atoms with E-state index < -0.39 is 20.0 Å². The molecular formula is C10H14O5S2. The van der Waals surface area contributed by atoms with Crippen LogP contribution in [0.3, 0.4) is 0 Å². The van der Waals surface area contributed by atoms with Gasteiger partial charge < -0.3 is 0 Å². The first-order valence-corrected chi connectivity index (χ1v) is 8.31. The molecule has 0 fully saturated rings. The third kappa shape index (κ3) is 4.84. The minimum Gasteiger partial charge on any atom is -0.265 e. The highest BCUT2D eigenvalue weighted by atomic mass is 32.2. The van der Waals surface area contributed by atoms with Gasteiger partial charge in [-0.25, -0.2) is 8.42 Å². The van der Waals surface area contributed by atoms with Crippen molar-refractivity contribution in [3.05, 3.63) is 29.8 Å². The van der Waals surface area contributed by atoms with Gasteiger partial charge in [0.25, 0.3) is 10.1 Å². The Morgan fingerprint density at radius 2 is 1.59 bits per heavy atom. The van der Waals surface area contributed by atoms with E-state index in [9.17, 15) is 16.8 Å². The van der Waals surface area contributed by atoms with E-state index in [0.29, 0.717) is 0 Å². The summed E-state index contributed by atoms with van der Waals surface area (Å²) in [6.45, 7) is 1.47. The molecular weight excluding hydrogens is 264 g/mol. The lowest BCUT2D eigenvalue weighted by Crippen LogP contribution is -2.14. The van der Waals surface area contributed by atoms with E-state index in [1.165, 1.54) is 12.1 Å². The van der Waals surface area contributed by atoms with Crippen molar-refractivity contribution in [2.75, 3.05) is 18.6 Å². The lowest BCUT2D eigenvalue weighted by molar-refractivity contribution is 0.339. The topological polar surface area (TPSA) is 77.5 Å². The number of aryl methyl sites for hydroxylation is 1. The fourth-order valence-electron chi connectivity index (χ4n) is 1.07. The van der Waals surface area contributed by atoms with E-state index in [0.717, 1.165) is 11.8 Å². The third-order valence-electron chi connectivity index (χ3n) is 2.00. The summed E-state index contributed by atoms with van der Waals surface area (Å²) in [7, 11) is -7.09. The van der Waals surface area contributed by atoms with Crippen molar-refractivity contribution in [1.82, 2.24) is 0 Å². The van der Waals surface area contributed by atoms with Gasteiger partial charge in [0.05, 0.1) is 17.3 Å². The summed E-state index contributed by atoms with van der Waals surface area (Å²) in [6.07, 6.45) is 1.02. The van der Waals surface area contributed by atoms with Crippen molar-refractivity contribution < 1.29 is 21.0 Å². The molecule has 0 bridgehead atoms. The standard InChI is InChI=1S/C10H14O5S2/c1-9-3-5-10(6-4-9)17(13,14)15-7-8-16(2,11)12/h3-6H,7-8H2,1-2H3. The van der Waals surface area contributed by atoms with E-state index in [4.69, 9.17) is 0 Å². The van der Waals surface area contributed by atoms with Gasteiger partial charge in [0.15, 0.2) is 0 Å². The highest BCUT2D eigenvalue weighted by molar-refractivity contribution is 7.90. The minimum absolute atomic E-state index is 0.0246. The van der Waals surface area contributed by atoms with Crippen molar-refractivity contribution in [3.63, 3.8) is 0 Å². The number of rotatable bonds is 5. The molecule has 0 saturated heterocycles. The third-order valence-corrected chi connectivity index (χ3v) is 4.24. The second-order valence-corrected chi connectivity index (χ2v) is 7.59. The number of hydrogen-bond donors (Lipinski definition) is 0. The van der Waals surface area contributed by atoms with Crippen LogP contribution in [0.25, 0.3) is 0 Å². The molecule has 1 rings (SSSR count). The maximum absolute atomic E-state index is 11.6. The minimum atomic E-state index is -3.86. The Kier molecular flexibility index (Phi) is 4.29. The molecule has 17 heavy (non-hydrogen) atoms. The first-order chi connectivity index (χ1) is 7.71. The molecule has 0 saturated carbocycles. The largest absolute Gasteiger partial charge is 0.297 e. The van der Waals surface area contributed by atoms with Gasteiger partial charge in [-0.3, -0.25) is 4.18 Å². The molecule has 0 radical (unpaired) electrons. The first-order valence-electron chi connectivity index (χ1n) is 4.84. The molecule has 1 aromatic rings. The van der Waals surface area contributed by atoms with Crippen LogP contribution in [-0.2, 0) is 24.1 Å². The van der Waals surface area contributed by atoms with E-state index in [2.05, 4.69) is 4.18 Å². The van der Waals surface area contributed by atoms with E-state index >= 15 is 0 Å². The van der Waals surface area contributed by atoms with Gasteiger partial charge in [-0.15, -0.1) is 0 Å². The number of sulfone groups is 1. The normalized spacial score (nSPS) is 12.6. The van der Waals surface area contributed by atoms with Crippen LogP contribution in [0.2, 0.25) is 0 Å². The maximum Gasteiger partial charge on any atom is 0.297 e. The van der Waals surface area contributed by atoms with Gasteiger partial charge in [-0.1, -0.05) is 17.7 Å². The quantitative estimate of drug-likeness (QED) is 0.743. The van der Waals surface area contributed by atoms with Crippen molar-refractivity contribution in [2.24, 2.45) is 0 Å². The van der Waals surface area contributed by atoms with Crippen LogP contribution in [0.4, 0.5) is 0 Å². The van der Waals surface area contributed by atoms with Crippen LogP contribution in [0.15, 0.2) is 29.2 Å². The molecule has 0 spiro atoms. The molecule has 0 aromatic heterocycles. The van der Waals surface area contributed by atoms with Gasteiger partial charge >= 0.3 is 0 Å². The van der Waals surface area contributed by atoms with Crippen LogP contribution in [0.1, 0.15) is 5.56 Å². The Balaban J connectivity index is 2.73. The van der Waals surface area contributed by atoms with Crippen LogP contribution in [-0.4, -0.2) is 35.5 Å². The zero-order chi connectivity index (χ0) is 13.1. The fourth-order valence-corrected chi connectivity index (χ4v) is 2.47. The number of hydrogen-bond acceptors (Lipinski definition) is 5. The summed E-state index contributed by atoms with van der Waals surface area (Å²) in [4.78, 5) is 0.0246. The summed E-state index contributed by atoms with van der Waals surface area (Å²) in [5.74, 6) is -0.321. The molecule has 0 N–H and O–H groups in total.